The average Bonchev–Trinajstić information content (AvgIpc) is 2.62. The van der Waals surface area contributed by atoms with E-state index in [0.717, 1.165) is 19.4 Å². The van der Waals surface area contributed by atoms with E-state index in [2.05, 4.69) is 27.1 Å². The van der Waals surface area contributed by atoms with Gasteiger partial charge in [-0.05, 0) is 13.0 Å². The number of nitrogens with two attached hydrogens (primary N) is 1. The van der Waals surface area contributed by atoms with Crippen molar-refractivity contribution in [2.75, 3.05) is 26.2 Å². The maximum atomic E-state index is 12.1. The number of aliphatic hydroxyl groups is 1. The minimum Gasteiger partial charge on any atom is -0.475 e. The van der Waals surface area contributed by atoms with Crippen LogP contribution in [0.4, 0.5) is 13.2 Å². The SMILES string of the molecule is CCCCN1CC(O)(CNC(=O)c2nccnc2C(N)=O)C1.O=C(O)C(F)(F)F. The van der Waals surface area contributed by atoms with Gasteiger partial charge >= 0.3 is 12.1 Å². The van der Waals surface area contributed by atoms with E-state index in [0.29, 0.717) is 13.1 Å². The van der Waals surface area contributed by atoms with Crippen molar-refractivity contribution in [1.82, 2.24) is 20.2 Å². The first-order valence-electron chi connectivity index (χ1n) is 8.53. The number of rotatable bonds is 7. The lowest BCUT2D eigenvalue weighted by Crippen LogP contribution is -2.66. The third kappa shape index (κ3) is 7.62. The van der Waals surface area contributed by atoms with Crippen molar-refractivity contribution in [3.63, 3.8) is 0 Å². The molecule has 1 aromatic heterocycles. The fraction of sp³-hybridized carbons (Fsp3) is 0.562. The summed E-state index contributed by atoms with van der Waals surface area (Å²) in [5, 5.41) is 20.0. The van der Waals surface area contributed by atoms with Crippen LogP contribution >= 0.6 is 0 Å². The number of hydrogen-bond acceptors (Lipinski definition) is 7. The topological polar surface area (TPSA) is 159 Å². The van der Waals surface area contributed by atoms with Gasteiger partial charge in [-0.15, -0.1) is 0 Å². The number of amides is 2. The van der Waals surface area contributed by atoms with Gasteiger partial charge in [0, 0.05) is 32.0 Å². The number of carbonyl (C=O) groups is 3. The van der Waals surface area contributed by atoms with Gasteiger partial charge in [0.2, 0.25) is 0 Å². The van der Waals surface area contributed by atoms with Crippen molar-refractivity contribution >= 4 is 17.8 Å². The predicted octanol–water partition coefficient (Wildman–Crippen LogP) is -0.215. The summed E-state index contributed by atoms with van der Waals surface area (Å²) in [7, 11) is 0. The Hall–Kier alpha value is -2.80. The molecule has 1 fully saturated rings. The molecule has 0 atom stereocenters. The van der Waals surface area contributed by atoms with Crippen molar-refractivity contribution in [3.05, 3.63) is 23.8 Å². The van der Waals surface area contributed by atoms with Gasteiger partial charge in [-0.25, -0.2) is 14.8 Å². The molecule has 2 rings (SSSR count). The van der Waals surface area contributed by atoms with Crippen molar-refractivity contribution < 1.29 is 37.8 Å². The maximum absolute atomic E-state index is 12.1. The predicted molar refractivity (Wildman–Crippen MR) is 92.9 cm³/mol. The van der Waals surface area contributed by atoms with Crippen LogP contribution in [0.3, 0.4) is 0 Å². The Morgan fingerprint density at radius 2 is 1.76 bits per heavy atom. The molecule has 162 valence electrons. The number of alkyl halides is 3. The zero-order valence-corrected chi connectivity index (χ0v) is 15.6. The van der Waals surface area contributed by atoms with E-state index in [1.165, 1.54) is 12.4 Å². The van der Waals surface area contributed by atoms with Crippen LogP contribution in [0.2, 0.25) is 0 Å². The molecular weight excluding hydrogens is 399 g/mol. The summed E-state index contributed by atoms with van der Waals surface area (Å²) in [6.07, 6.45) is -0.286. The molecule has 0 aromatic carbocycles. The fourth-order valence-electron chi connectivity index (χ4n) is 2.45. The van der Waals surface area contributed by atoms with Crippen LogP contribution in [0.1, 0.15) is 40.7 Å². The summed E-state index contributed by atoms with van der Waals surface area (Å²) in [4.78, 5) is 41.9. The zero-order valence-electron chi connectivity index (χ0n) is 15.6. The molecule has 13 heteroatoms. The standard InChI is InChI=1S/C14H21N5O3.C2HF3O2/c1-2-3-6-19-8-14(22,9-19)7-18-13(21)11-10(12(15)20)16-4-5-17-11;3-2(4,5)1(6)7/h4-5,22H,2-3,6-9H2,1H3,(H2,15,20)(H,18,21);(H,6,7). The highest BCUT2D eigenvalue weighted by molar-refractivity contribution is 6.03. The van der Waals surface area contributed by atoms with Gasteiger partial charge < -0.3 is 21.3 Å². The molecule has 1 aromatic rings. The number of aliphatic carboxylic acids is 1. The molecule has 29 heavy (non-hydrogen) atoms. The fourth-order valence-corrected chi connectivity index (χ4v) is 2.45. The van der Waals surface area contributed by atoms with Crippen LogP contribution in [0.5, 0.6) is 0 Å². The molecule has 10 nitrogen and oxygen atoms in total. The number of β-amino-alcohol motifs (C(OH)–C–C–N with tert-alkyl or cyclic N) is 1. The quantitative estimate of drug-likeness (QED) is 0.470. The van der Waals surface area contributed by atoms with E-state index in [4.69, 9.17) is 15.6 Å². The smallest absolute Gasteiger partial charge is 0.475 e. The molecular formula is C16H22F3N5O5. The third-order valence-electron chi connectivity index (χ3n) is 3.83. The Kier molecular flexibility index (Phi) is 8.45. The number of carboxylic acids is 1. The van der Waals surface area contributed by atoms with Crippen molar-refractivity contribution in [2.45, 2.75) is 31.5 Å². The average molecular weight is 421 g/mol. The van der Waals surface area contributed by atoms with Gasteiger partial charge in [0.1, 0.15) is 5.60 Å². The molecule has 1 aliphatic rings. The molecule has 0 radical (unpaired) electrons. The Morgan fingerprint density at radius 3 is 2.21 bits per heavy atom. The van der Waals surface area contributed by atoms with Crippen molar-refractivity contribution in [1.29, 1.82) is 0 Å². The van der Waals surface area contributed by atoms with E-state index in [-0.39, 0.29) is 17.9 Å². The lowest BCUT2D eigenvalue weighted by atomic mass is 9.93. The minimum absolute atomic E-state index is 0.100. The monoisotopic (exact) mass is 421 g/mol. The minimum atomic E-state index is -5.08. The van der Waals surface area contributed by atoms with Crippen LogP contribution in [-0.2, 0) is 4.79 Å². The molecule has 1 saturated heterocycles. The summed E-state index contributed by atoms with van der Waals surface area (Å²) >= 11 is 0. The van der Waals surface area contributed by atoms with Gasteiger partial charge in [0.05, 0.1) is 0 Å². The first-order valence-corrected chi connectivity index (χ1v) is 8.53. The van der Waals surface area contributed by atoms with E-state index >= 15 is 0 Å². The van der Waals surface area contributed by atoms with Crippen molar-refractivity contribution in [3.8, 4) is 0 Å². The first kappa shape index (κ1) is 24.2. The molecule has 1 aliphatic heterocycles. The van der Waals surface area contributed by atoms with Crippen LogP contribution in [-0.4, -0.2) is 80.8 Å². The highest BCUT2D eigenvalue weighted by Gasteiger charge is 2.41. The van der Waals surface area contributed by atoms with E-state index in [1.54, 1.807) is 0 Å². The largest absolute Gasteiger partial charge is 0.490 e. The number of nitrogens with one attached hydrogen (secondary N) is 1. The van der Waals surface area contributed by atoms with Crippen LogP contribution < -0.4 is 11.1 Å². The number of likely N-dealkylation sites (tertiary alicyclic amines) is 1. The summed E-state index contributed by atoms with van der Waals surface area (Å²) < 4.78 is 31.7. The summed E-state index contributed by atoms with van der Waals surface area (Å²) in [5.41, 5.74) is 3.93. The van der Waals surface area contributed by atoms with Gasteiger partial charge in [0.15, 0.2) is 11.4 Å². The van der Waals surface area contributed by atoms with Gasteiger partial charge in [-0.3, -0.25) is 14.5 Å². The summed E-state index contributed by atoms with van der Waals surface area (Å²) in [6, 6.07) is 0. The number of halogens is 3. The molecule has 0 aliphatic carbocycles. The molecule has 0 spiro atoms. The number of primary amides is 1. The molecule has 0 bridgehead atoms. The Morgan fingerprint density at radius 1 is 1.24 bits per heavy atom. The molecule has 2 heterocycles. The number of aromatic nitrogens is 2. The highest BCUT2D eigenvalue weighted by Crippen LogP contribution is 2.20. The van der Waals surface area contributed by atoms with Gasteiger partial charge in [-0.1, -0.05) is 13.3 Å². The van der Waals surface area contributed by atoms with Gasteiger partial charge in [-0.2, -0.15) is 13.2 Å². The number of unbranched alkanes of at least 4 members (excludes halogenated alkanes) is 1. The van der Waals surface area contributed by atoms with Crippen molar-refractivity contribution in [2.24, 2.45) is 5.73 Å². The second-order valence-electron chi connectivity index (χ2n) is 6.39. The normalized spacial score (nSPS) is 15.5. The summed E-state index contributed by atoms with van der Waals surface area (Å²) in [5.74, 6) is -4.14. The Labute approximate surface area is 163 Å². The van der Waals surface area contributed by atoms with E-state index in [1.807, 2.05) is 0 Å². The van der Waals surface area contributed by atoms with Crippen LogP contribution in [0.15, 0.2) is 12.4 Å². The van der Waals surface area contributed by atoms with E-state index < -0.39 is 29.6 Å². The molecule has 5 N–H and O–H groups in total. The lowest BCUT2D eigenvalue weighted by molar-refractivity contribution is -0.192. The maximum Gasteiger partial charge on any atom is 0.490 e. The third-order valence-corrected chi connectivity index (χ3v) is 3.83. The van der Waals surface area contributed by atoms with Crippen LogP contribution in [0.25, 0.3) is 0 Å². The Bertz CT molecular complexity index is 738. The molecule has 2 amide bonds. The van der Waals surface area contributed by atoms with Gasteiger partial charge in [0.25, 0.3) is 11.8 Å². The molecule has 0 saturated carbocycles. The number of nitrogens with zero attached hydrogens (tertiary/aromatic N) is 3. The second kappa shape index (κ2) is 10.1. The number of carboxylic acid groups (broad SMARTS) is 1. The van der Waals surface area contributed by atoms with Crippen LogP contribution in [0, 0.1) is 0 Å². The highest BCUT2D eigenvalue weighted by atomic mass is 19.4. The number of carbonyl (C=O) groups excluding carboxylic acids is 2. The lowest BCUT2D eigenvalue weighted by Gasteiger charge is -2.46. The first-order chi connectivity index (χ1) is 13.4. The molecule has 0 unspecified atom stereocenters. The summed E-state index contributed by atoms with van der Waals surface area (Å²) in [6.45, 7) is 4.21. The number of hydrogen-bond donors (Lipinski definition) is 4. The second-order valence-corrected chi connectivity index (χ2v) is 6.39. The van der Waals surface area contributed by atoms with E-state index in [9.17, 15) is 27.9 Å². The zero-order chi connectivity index (χ0) is 22.2. The Balaban J connectivity index is 0.000000516.